The van der Waals surface area contributed by atoms with Crippen LogP contribution >= 0.6 is 0 Å². The van der Waals surface area contributed by atoms with Gasteiger partial charge in [0.15, 0.2) is 11.7 Å². The molecule has 1 aromatic heterocycles. The number of guanidine groups is 1. The Morgan fingerprint density at radius 3 is 2.71 bits per heavy atom. The van der Waals surface area contributed by atoms with Crippen LogP contribution in [0.1, 0.15) is 43.7 Å². The Bertz CT molecular complexity index is 665. The molecule has 0 saturated carbocycles. The van der Waals surface area contributed by atoms with Gasteiger partial charge in [0.25, 0.3) is 0 Å². The van der Waals surface area contributed by atoms with Crippen molar-refractivity contribution in [2.45, 2.75) is 39.8 Å². The molecule has 0 spiro atoms. The first-order valence-corrected chi connectivity index (χ1v) is 8.24. The molecule has 24 heavy (non-hydrogen) atoms. The number of nitrogens with one attached hydrogen (secondary N) is 2. The molecule has 2 N–H and O–H groups in total. The zero-order valence-corrected chi connectivity index (χ0v) is 14.8. The van der Waals surface area contributed by atoms with Crippen molar-refractivity contribution in [2.75, 3.05) is 13.7 Å². The summed E-state index contributed by atoms with van der Waals surface area (Å²) < 4.78 is 10.8. The van der Waals surface area contributed by atoms with Gasteiger partial charge in [-0.1, -0.05) is 31.1 Å². The summed E-state index contributed by atoms with van der Waals surface area (Å²) >= 11 is 0. The summed E-state index contributed by atoms with van der Waals surface area (Å²) in [7, 11) is 1.74. The second-order valence-electron chi connectivity index (χ2n) is 5.73. The predicted molar refractivity (Wildman–Crippen MR) is 95.2 cm³/mol. The van der Waals surface area contributed by atoms with E-state index in [4.69, 9.17) is 9.26 Å². The highest BCUT2D eigenvalue weighted by Gasteiger charge is 2.08. The summed E-state index contributed by atoms with van der Waals surface area (Å²) in [4.78, 5) is 4.22. The highest BCUT2D eigenvalue weighted by molar-refractivity contribution is 5.79. The maximum absolute atomic E-state index is 5.51. The minimum atomic E-state index is 0.359. The standard InChI is InChI=1S/C18H26N4O2/c1-5-23-15-8-6-7-14(9-15)11-20-18(19-4)21-12-16-10-17(13(2)3)22-24-16/h6-10,13H,5,11-12H2,1-4H3,(H2,19,20,21). The zero-order chi connectivity index (χ0) is 17.4. The topological polar surface area (TPSA) is 71.7 Å². The summed E-state index contributed by atoms with van der Waals surface area (Å²) in [6, 6.07) is 9.98. The Morgan fingerprint density at radius 2 is 2.04 bits per heavy atom. The van der Waals surface area contributed by atoms with E-state index in [9.17, 15) is 0 Å². The Hall–Kier alpha value is -2.50. The third kappa shape index (κ3) is 5.30. The SMILES string of the molecule is CCOc1cccc(CNC(=NC)NCc2cc(C(C)C)no2)c1. The molecule has 0 bridgehead atoms. The van der Waals surface area contributed by atoms with Crippen LogP contribution in [0.15, 0.2) is 39.8 Å². The van der Waals surface area contributed by atoms with Gasteiger partial charge in [-0.15, -0.1) is 0 Å². The number of benzene rings is 1. The van der Waals surface area contributed by atoms with Crippen molar-refractivity contribution >= 4 is 5.96 Å². The first kappa shape index (κ1) is 17.8. The Kier molecular flexibility index (Phi) is 6.66. The van der Waals surface area contributed by atoms with Crippen LogP contribution in [0.25, 0.3) is 0 Å². The summed E-state index contributed by atoms with van der Waals surface area (Å²) in [5.41, 5.74) is 2.09. The zero-order valence-electron chi connectivity index (χ0n) is 14.8. The van der Waals surface area contributed by atoms with Gasteiger partial charge in [-0.3, -0.25) is 4.99 Å². The van der Waals surface area contributed by atoms with Crippen LogP contribution in [0, 0.1) is 0 Å². The van der Waals surface area contributed by atoms with Crippen LogP contribution in [0.5, 0.6) is 5.75 Å². The number of aliphatic imine (C=N–C) groups is 1. The number of rotatable bonds is 7. The van der Waals surface area contributed by atoms with Crippen molar-refractivity contribution in [3.8, 4) is 5.75 Å². The fourth-order valence-electron chi connectivity index (χ4n) is 2.17. The molecule has 0 aliphatic carbocycles. The number of nitrogens with zero attached hydrogens (tertiary/aromatic N) is 2. The summed E-state index contributed by atoms with van der Waals surface area (Å²) in [5.74, 6) is 2.74. The highest BCUT2D eigenvalue weighted by Crippen LogP contribution is 2.14. The van der Waals surface area contributed by atoms with E-state index in [0.717, 1.165) is 22.8 Å². The number of ether oxygens (including phenoxy) is 1. The monoisotopic (exact) mass is 330 g/mol. The van der Waals surface area contributed by atoms with Crippen molar-refractivity contribution < 1.29 is 9.26 Å². The van der Waals surface area contributed by atoms with Gasteiger partial charge in [0, 0.05) is 19.7 Å². The molecule has 0 aliphatic heterocycles. The van der Waals surface area contributed by atoms with Crippen LogP contribution in [-0.4, -0.2) is 24.8 Å². The maximum Gasteiger partial charge on any atom is 0.191 e. The van der Waals surface area contributed by atoms with E-state index in [2.05, 4.69) is 34.6 Å². The summed E-state index contributed by atoms with van der Waals surface area (Å²) in [5, 5.41) is 10.5. The molecule has 0 fully saturated rings. The quantitative estimate of drug-likeness (QED) is 0.603. The van der Waals surface area contributed by atoms with Gasteiger partial charge in [0.2, 0.25) is 0 Å². The molecule has 0 amide bonds. The largest absolute Gasteiger partial charge is 0.494 e. The normalized spacial score (nSPS) is 11.6. The third-order valence-electron chi connectivity index (χ3n) is 3.49. The van der Waals surface area contributed by atoms with Crippen LogP contribution in [0.2, 0.25) is 0 Å². The lowest BCUT2D eigenvalue weighted by Gasteiger charge is -2.11. The van der Waals surface area contributed by atoms with Crippen LogP contribution in [0.3, 0.4) is 0 Å². The minimum absolute atomic E-state index is 0.359. The molecule has 1 heterocycles. The van der Waals surface area contributed by atoms with E-state index in [1.165, 1.54) is 0 Å². The van der Waals surface area contributed by atoms with E-state index < -0.39 is 0 Å². The average Bonchev–Trinajstić information content (AvgIpc) is 3.05. The van der Waals surface area contributed by atoms with Crippen molar-refractivity contribution in [2.24, 2.45) is 4.99 Å². The second-order valence-corrected chi connectivity index (χ2v) is 5.73. The summed E-state index contributed by atoms with van der Waals surface area (Å²) in [6.45, 7) is 8.02. The van der Waals surface area contributed by atoms with Crippen LogP contribution < -0.4 is 15.4 Å². The molecular weight excluding hydrogens is 304 g/mol. The molecule has 0 radical (unpaired) electrons. The molecule has 2 rings (SSSR count). The Labute approximate surface area is 143 Å². The van der Waals surface area contributed by atoms with E-state index in [-0.39, 0.29) is 0 Å². The van der Waals surface area contributed by atoms with Crippen LogP contribution in [0.4, 0.5) is 0 Å². The number of hydrogen-bond donors (Lipinski definition) is 2. The molecule has 1 aromatic carbocycles. The van der Waals surface area contributed by atoms with Crippen LogP contribution in [-0.2, 0) is 13.1 Å². The van der Waals surface area contributed by atoms with Gasteiger partial charge in [0.1, 0.15) is 5.75 Å². The molecule has 0 saturated heterocycles. The van der Waals surface area contributed by atoms with E-state index in [0.29, 0.717) is 31.6 Å². The fraction of sp³-hybridized carbons (Fsp3) is 0.444. The molecule has 130 valence electrons. The molecular formula is C18H26N4O2. The lowest BCUT2D eigenvalue weighted by atomic mass is 10.1. The minimum Gasteiger partial charge on any atom is -0.494 e. The first-order valence-electron chi connectivity index (χ1n) is 8.24. The summed E-state index contributed by atoms with van der Waals surface area (Å²) in [6.07, 6.45) is 0. The second kappa shape index (κ2) is 8.96. The Balaban J connectivity index is 1.84. The van der Waals surface area contributed by atoms with Gasteiger partial charge in [0.05, 0.1) is 18.8 Å². The van der Waals surface area contributed by atoms with Crippen molar-refractivity contribution in [3.63, 3.8) is 0 Å². The first-order chi connectivity index (χ1) is 11.6. The smallest absolute Gasteiger partial charge is 0.191 e. The van der Waals surface area contributed by atoms with E-state index in [1.54, 1.807) is 7.05 Å². The molecule has 0 aliphatic rings. The molecule has 0 unspecified atom stereocenters. The lowest BCUT2D eigenvalue weighted by molar-refractivity contribution is 0.340. The predicted octanol–water partition coefficient (Wildman–Crippen LogP) is 3.06. The average molecular weight is 330 g/mol. The maximum atomic E-state index is 5.51. The molecule has 6 heteroatoms. The third-order valence-corrected chi connectivity index (χ3v) is 3.49. The lowest BCUT2D eigenvalue weighted by Crippen LogP contribution is -2.36. The van der Waals surface area contributed by atoms with E-state index >= 15 is 0 Å². The highest BCUT2D eigenvalue weighted by atomic mass is 16.5. The van der Waals surface area contributed by atoms with Gasteiger partial charge >= 0.3 is 0 Å². The van der Waals surface area contributed by atoms with Gasteiger partial charge < -0.3 is 19.9 Å². The van der Waals surface area contributed by atoms with Crippen molar-refractivity contribution in [1.29, 1.82) is 0 Å². The van der Waals surface area contributed by atoms with Gasteiger partial charge in [-0.25, -0.2) is 0 Å². The van der Waals surface area contributed by atoms with Gasteiger partial charge in [-0.2, -0.15) is 0 Å². The van der Waals surface area contributed by atoms with Gasteiger partial charge in [-0.05, 0) is 30.5 Å². The Morgan fingerprint density at radius 1 is 1.25 bits per heavy atom. The number of hydrogen-bond acceptors (Lipinski definition) is 4. The van der Waals surface area contributed by atoms with E-state index in [1.807, 2.05) is 37.3 Å². The fourth-order valence-corrected chi connectivity index (χ4v) is 2.17. The molecule has 0 atom stereocenters. The van der Waals surface area contributed by atoms with Crippen molar-refractivity contribution in [3.05, 3.63) is 47.3 Å². The molecule has 2 aromatic rings. The van der Waals surface area contributed by atoms with Crippen molar-refractivity contribution in [1.82, 2.24) is 15.8 Å². The molecule has 6 nitrogen and oxygen atoms in total. The number of aromatic nitrogens is 1.